The number of hydrogen-bond acceptors (Lipinski definition) is 5. The van der Waals surface area contributed by atoms with Crippen molar-refractivity contribution in [2.24, 2.45) is 0 Å². The van der Waals surface area contributed by atoms with E-state index in [2.05, 4.69) is 41.2 Å². The van der Waals surface area contributed by atoms with Gasteiger partial charge in [0.25, 0.3) is 11.5 Å². The van der Waals surface area contributed by atoms with Crippen LogP contribution in [0.3, 0.4) is 0 Å². The summed E-state index contributed by atoms with van der Waals surface area (Å²) in [5, 5.41) is 10.3. The second-order valence-electron chi connectivity index (χ2n) is 6.72. The summed E-state index contributed by atoms with van der Waals surface area (Å²) in [6.45, 7) is 8.41. The maximum absolute atomic E-state index is 12.5. The normalized spacial score (nSPS) is 22.7. The third-order valence-electron chi connectivity index (χ3n) is 4.54. The molecule has 7 heteroatoms. The van der Waals surface area contributed by atoms with Crippen molar-refractivity contribution in [1.82, 2.24) is 20.4 Å². The molecular weight excluding hydrogens is 320 g/mol. The smallest absolute Gasteiger partial charge is 0.272 e. The van der Waals surface area contributed by atoms with E-state index in [4.69, 9.17) is 4.74 Å². The Balaban J connectivity index is 1.69. The molecule has 1 aliphatic rings. The summed E-state index contributed by atoms with van der Waals surface area (Å²) in [7, 11) is 0. The number of carbonyl (C=O) groups is 1. The van der Waals surface area contributed by atoms with Crippen molar-refractivity contribution in [3.05, 3.63) is 40.3 Å². The molecule has 0 spiro atoms. The number of rotatable bonds is 4. The molecule has 1 aromatic carbocycles. The van der Waals surface area contributed by atoms with E-state index < -0.39 is 0 Å². The van der Waals surface area contributed by atoms with Crippen molar-refractivity contribution in [3.63, 3.8) is 0 Å². The third kappa shape index (κ3) is 3.88. The molecule has 3 rings (SSSR count). The van der Waals surface area contributed by atoms with Gasteiger partial charge in [0.1, 0.15) is 0 Å². The Kier molecular flexibility index (Phi) is 5.15. The molecule has 2 aromatic rings. The number of H-pyrrole nitrogens is 1. The van der Waals surface area contributed by atoms with Crippen LogP contribution < -0.4 is 10.9 Å². The van der Waals surface area contributed by atoms with Gasteiger partial charge in [-0.05, 0) is 26.8 Å². The van der Waals surface area contributed by atoms with Crippen LogP contribution in [-0.4, -0.2) is 58.9 Å². The summed E-state index contributed by atoms with van der Waals surface area (Å²) in [5.41, 5.74) is -0.0528. The van der Waals surface area contributed by atoms with Crippen molar-refractivity contribution >= 4 is 16.7 Å². The summed E-state index contributed by atoms with van der Waals surface area (Å²) >= 11 is 0. The minimum Gasteiger partial charge on any atom is -0.373 e. The monoisotopic (exact) mass is 344 g/mol. The SMILES string of the molecule is C[C@@H]1CN([C@H](C)CNC(=O)c2n[nH]c(=O)c3ccccc23)C[C@H](C)O1. The lowest BCUT2D eigenvalue weighted by Gasteiger charge is -2.38. The van der Waals surface area contributed by atoms with Crippen LogP contribution in [0.5, 0.6) is 0 Å². The quantitative estimate of drug-likeness (QED) is 0.869. The topological polar surface area (TPSA) is 87.3 Å². The highest BCUT2D eigenvalue weighted by molar-refractivity contribution is 6.04. The molecule has 1 amide bonds. The summed E-state index contributed by atoms with van der Waals surface area (Å²) < 4.78 is 5.75. The number of aromatic amines is 1. The first-order valence-corrected chi connectivity index (χ1v) is 8.61. The molecule has 1 fully saturated rings. The summed E-state index contributed by atoms with van der Waals surface area (Å²) in [4.78, 5) is 26.7. The van der Waals surface area contributed by atoms with Gasteiger partial charge in [-0.1, -0.05) is 18.2 Å². The Morgan fingerprint density at radius 3 is 2.64 bits per heavy atom. The van der Waals surface area contributed by atoms with Crippen molar-refractivity contribution in [1.29, 1.82) is 0 Å². The van der Waals surface area contributed by atoms with Crippen LogP contribution in [0.25, 0.3) is 10.8 Å². The maximum atomic E-state index is 12.5. The predicted octanol–water partition coefficient (Wildman–Crippen LogP) is 1.15. The molecule has 7 nitrogen and oxygen atoms in total. The van der Waals surface area contributed by atoms with Crippen molar-refractivity contribution in [2.75, 3.05) is 19.6 Å². The van der Waals surface area contributed by atoms with Crippen LogP contribution in [0.15, 0.2) is 29.1 Å². The van der Waals surface area contributed by atoms with E-state index >= 15 is 0 Å². The first-order chi connectivity index (χ1) is 12.0. The highest BCUT2D eigenvalue weighted by Gasteiger charge is 2.26. The number of nitrogens with zero attached hydrogens (tertiary/aromatic N) is 2. The number of hydrogen-bond donors (Lipinski definition) is 2. The molecule has 0 saturated carbocycles. The molecule has 1 aromatic heterocycles. The van der Waals surface area contributed by atoms with Crippen LogP contribution in [0.1, 0.15) is 31.3 Å². The van der Waals surface area contributed by atoms with Crippen LogP contribution >= 0.6 is 0 Å². The number of benzene rings is 1. The molecule has 2 heterocycles. The van der Waals surface area contributed by atoms with E-state index in [1.807, 2.05) is 0 Å². The van der Waals surface area contributed by atoms with E-state index in [-0.39, 0.29) is 35.4 Å². The van der Waals surface area contributed by atoms with Gasteiger partial charge in [0.2, 0.25) is 0 Å². The Labute approximate surface area is 146 Å². The van der Waals surface area contributed by atoms with Crippen LogP contribution in [-0.2, 0) is 4.74 Å². The molecule has 0 aliphatic carbocycles. The first-order valence-electron chi connectivity index (χ1n) is 8.61. The summed E-state index contributed by atoms with van der Waals surface area (Å²) in [6.07, 6.45) is 0.374. The molecule has 0 unspecified atom stereocenters. The van der Waals surface area contributed by atoms with Crippen LogP contribution in [0.2, 0.25) is 0 Å². The summed E-state index contributed by atoms with van der Waals surface area (Å²) in [5.74, 6) is -0.284. The summed E-state index contributed by atoms with van der Waals surface area (Å²) in [6, 6.07) is 7.17. The highest BCUT2D eigenvalue weighted by atomic mass is 16.5. The molecular formula is C18H24N4O3. The fourth-order valence-electron chi connectivity index (χ4n) is 3.32. The Hall–Kier alpha value is -2.25. The van der Waals surface area contributed by atoms with Crippen LogP contribution in [0.4, 0.5) is 0 Å². The second-order valence-corrected chi connectivity index (χ2v) is 6.72. The van der Waals surface area contributed by atoms with Gasteiger partial charge in [-0.15, -0.1) is 0 Å². The second kappa shape index (κ2) is 7.33. The molecule has 1 saturated heterocycles. The number of fused-ring (bicyclic) bond motifs is 1. The molecule has 0 radical (unpaired) electrons. The van der Waals surface area contributed by atoms with Gasteiger partial charge in [-0.3, -0.25) is 14.5 Å². The Morgan fingerprint density at radius 2 is 1.96 bits per heavy atom. The van der Waals surface area contributed by atoms with Gasteiger partial charge >= 0.3 is 0 Å². The Morgan fingerprint density at radius 1 is 1.32 bits per heavy atom. The van der Waals surface area contributed by atoms with E-state index in [0.717, 1.165) is 13.1 Å². The minimum absolute atomic E-state index is 0.187. The molecule has 1 aliphatic heterocycles. The fourth-order valence-corrected chi connectivity index (χ4v) is 3.32. The number of morpholine rings is 1. The number of nitrogens with one attached hydrogen (secondary N) is 2. The number of ether oxygens (including phenoxy) is 1. The molecule has 0 bridgehead atoms. The number of amides is 1. The largest absolute Gasteiger partial charge is 0.373 e. The standard InChI is InChI=1S/C18H24N4O3/c1-11(22-9-12(2)25-13(3)10-22)8-19-18(24)16-14-6-4-5-7-15(14)17(23)21-20-16/h4-7,11-13H,8-10H2,1-3H3,(H,19,24)(H,21,23)/t11-,12-,13+/m1/s1. The highest BCUT2D eigenvalue weighted by Crippen LogP contribution is 2.14. The molecule has 134 valence electrons. The number of carbonyl (C=O) groups excluding carboxylic acids is 1. The minimum atomic E-state index is -0.295. The molecule has 2 N–H and O–H groups in total. The van der Waals surface area contributed by atoms with Crippen molar-refractivity contribution < 1.29 is 9.53 Å². The van der Waals surface area contributed by atoms with Gasteiger partial charge in [0, 0.05) is 31.1 Å². The first kappa shape index (κ1) is 17.6. The van der Waals surface area contributed by atoms with Crippen LogP contribution in [0, 0.1) is 0 Å². The van der Waals surface area contributed by atoms with E-state index in [1.54, 1.807) is 24.3 Å². The average molecular weight is 344 g/mol. The Bertz CT molecular complexity index is 809. The molecule has 3 atom stereocenters. The zero-order chi connectivity index (χ0) is 18.0. The van der Waals surface area contributed by atoms with Crippen molar-refractivity contribution in [2.45, 2.75) is 39.0 Å². The molecule has 25 heavy (non-hydrogen) atoms. The fraction of sp³-hybridized carbons (Fsp3) is 0.500. The van der Waals surface area contributed by atoms with E-state index in [1.165, 1.54) is 0 Å². The predicted molar refractivity (Wildman–Crippen MR) is 95.7 cm³/mol. The maximum Gasteiger partial charge on any atom is 0.272 e. The van der Waals surface area contributed by atoms with Gasteiger partial charge < -0.3 is 10.1 Å². The lowest BCUT2D eigenvalue weighted by molar-refractivity contribution is -0.0778. The van der Waals surface area contributed by atoms with Gasteiger partial charge in [-0.2, -0.15) is 5.10 Å². The van der Waals surface area contributed by atoms with E-state index in [0.29, 0.717) is 17.3 Å². The third-order valence-corrected chi connectivity index (χ3v) is 4.54. The lowest BCUT2D eigenvalue weighted by Crippen LogP contribution is -2.52. The lowest BCUT2D eigenvalue weighted by atomic mass is 10.1. The van der Waals surface area contributed by atoms with Gasteiger partial charge in [0.05, 0.1) is 17.6 Å². The van der Waals surface area contributed by atoms with Gasteiger partial charge in [-0.25, -0.2) is 5.10 Å². The zero-order valence-corrected chi connectivity index (χ0v) is 14.8. The van der Waals surface area contributed by atoms with Gasteiger partial charge in [0.15, 0.2) is 5.69 Å². The average Bonchev–Trinajstić information content (AvgIpc) is 2.59. The number of aromatic nitrogens is 2. The van der Waals surface area contributed by atoms with Crippen molar-refractivity contribution in [3.8, 4) is 0 Å². The zero-order valence-electron chi connectivity index (χ0n) is 14.8. The van der Waals surface area contributed by atoms with E-state index in [9.17, 15) is 9.59 Å².